The molecule has 0 radical (unpaired) electrons. The fourth-order valence-corrected chi connectivity index (χ4v) is 3.96. The maximum absolute atomic E-state index is 12.6. The minimum Gasteiger partial charge on any atom is -0.342 e. The fourth-order valence-electron chi connectivity index (χ4n) is 3.96. The summed E-state index contributed by atoms with van der Waals surface area (Å²) < 4.78 is 2.30. The van der Waals surface area contributed by atoms with Crippen LogP contribution < -0.4 is 0 Å². The van der Waals surface area contributed by atoms with E-state index in [4.69, 9.17) is 4.98 Å². The third-order valence-electron chi connectivity index (χ3n) is 5.23. The average Bonchev–Trinajstić information content (AvgIpc) is 3.21. The minimum absolute atomic E-state index is 0.174. The van der Waals surface area contributed by atoms with E-state index in [1.807, 2.05) is 17.0 Å². The first kappa shape index (κ1) is 16.8. The highest BCUT2D eigenvalue weighted by Gasteiger charge is 2.34. The second-order valence-electron chi connectivity index (χ2n) is 7.40. The van der Waals surface area contributed by atoms with Gasteiger partial charge in [-0.15, -0.1) is 0 Å². The van der Waals surface area contributed by atoms with Crippen molar-refractivity contribution in [3.8, 4) is 0 Å². The Kier molecular flexibility index (Phi) is 4.49. The lowest BCUT2D eigenvalue weighted by molar-refractivity contribution is -0.127. The number of likely N-dealkylation sites (tertiary alicyclic amines) is 1. The summed E-state index contributed by atoms with van der Waals surface area (Å²) in [5, 5.41) is 0. The fraction of sp³-hybridized carbons (Fsp3) is 0.364. The summed E-state index contributed by atoms with van der Waals surface area (Å²) in [6, 6.07) is 18.9. The molecule has 0 aliphatic carbocycles. The maximum atomic E-state index is 12.6. The van der Waals surface area contributed by atoms with Crippen molar-refractivity contribution in [2.24, 2.45) is 0 Å². The van der Waals surface area contributed by atoms with Crippen LogP contribution in [0.25, 0.3) is 11.0 Å². The Hall–Kier alpha value is -2.62. The number of rotatable bonds is 5. The van der Waals surface area contributed by atoms with Gasteiger partial charge in [0.25, 0.3) is 0 Å². The molecule has 2 heterocycles. The van der Waals surface area contributed by atoms with Gasteiger partial charge in [-0.05, 0) is 38.0 Å². The number of para-hydroxylation sites is 2. The van der Waals surface area contributed by atoms with Gasteiger partial charge in [0.05, 0.1) is 11.0 Å². The molecule has 1 fully saturated rings. The van der Waals surface area contributed by atoms with E-state index in [0.29, 0.717) is 12.5 Å². The smallest absolute Gasteiger partial charge is 0.223 e. The molecule has 0 N–H and O–H groups in total. The largest absolute Gasteiger partial charge is 0.342 e. The van der Waals surface area contributed by atoms with Crippen LogP contribution in [0.3, 0.4) is 0 Å². The molecule has 0 bridgehead atoms. The molecule has 1 aliphatic rings. The van der Waals surface area contributed by atoms with Gasteiger partial charge in [0.1, 0.15) is 5.82 Å². The third kappa shape index (κ3) is 3.12. The zero-order valence-corrected chi connectivity index (χ0v) is 15.4. The van der Waals surface area contributed by atoms with E-state index < -0.39 is 0 Å². The number of fused-ring (bicyclic) bond motifs is 1. The second-order valence-corrected chi connectivity index (χ2v) is 7.40. The molecule has 0 spiro atoms. The average molecular weight is 347 g/mol. The molecule has 4 rings (SSSR count). The quantitative estimate of drug-likeness (QED) is 0.694. The van der Waals surface area contributed by atoms with Gasteiger partial charge in [-0.25, -0.2) is 4.98 Å². The summed E-state index contributed by atoms with van der Waals surface area (Å²) in [7, 11) is 0. The van der Waals surface area contributed by atoms with Crippen LogP contribution in [-0.4, -0.2) is 33.4 Å². The number of benzene rings is 2. The van der Waals surface area contributed by atoms with Gasteiger partial charge >= 0.3 is 0 Å². The maximum Gasteiger partial charge on any atom is 0.223 e. The number of nitrogens with zero attached hydrogens (tertiary/aromatic N) is 3. The first-order valence-electron chi connectivity index (χ1n) is 9.42. The molecule has 2 aromatic carbocycles. The van der Waals surface area contributed by atoms with Crippen LogP contribution in [0.5, 0.6) is 0 Å². The summed E-state index contributed by atoms with van der Waals surface area (Å²) in [5.41, 5.74) is 3.46. The zero-order valence-electron chi connectivity index (χ0n) is 15.4. The molecule has 1 saturated heterocycles. The highest BCUT2D eigenvalue weighted by atomic mass is 16.2. The molecular weight excluding hydrogens is 322 g/mol. The molecule has 4 nitrogen and oxygen atoms in total. The van der Waals surface area contributed by atoms with Crippen molar-refractivity contribution in [1.82, 2.24) is 14.5 Å². The normalized spacial score (nSPS) is 17.6. The van der Waals surface area contributed by atoms with Gasteiger partial charge < -0.3 is 9.47 Å². The molecule has 0 saturated carbocycles. The number of amides is 1. The van der Waals surface area contributed by atoms with E-state index in [-0.39, 0.29) is 11.8 Å². The predicted octanol–water partition coefficient (Wildman–Crippen LogP) is 4.18. The molecule has 1 aliphatic heterocycles. The molecule has 1 atom stereocenters. The van der Waals surface area contributed by atoms with Crippen molar-refractivity contribution in [2.45, 2.75) is 38.6 Å². The highest BCUT2D eigenvalue weighted by molar-refractivity contribution is 5.81. The van der Waals surface area contributed by atoms with Crippen molar-refractivity contribution in [3.63, 3.8) is 0 Å². The van der Waals surface area contributed by atoms with Crippen molar-refractivity contribution in [3.05, 3.63) is 66.0 Å². The Bertz CT molecular complexity index is 914. The van der Waals surface area contributed by atoms with Crippen LogP contribution in [0.15, 0.2) is 54.6 Å². The predicted molar refractivity (Wildman–Crippen MR) is 104 cm³/mol. The number of imidazole rings is 1. The highest BCUT2D eigenvalue weighted by Crippen LogP contribution is 2.32. The van der Waals surface area contributed by atoms with Crippen LogP contribution in [0.1, 0.15) is 43.6 Å². The van der Waals surface area contributed by atoms with Gasteiger partial charge in [0.15, 0.2) is 0 Å². The molecular formula is C22H25N3O. The Morgan fingerprint density at radius 2 is 1.81 bits per heavy atom. The summed E-state index contributed by atoms with van der Waals surface area (Å²) in [5.74, 6) is 1.47. The molecule has 1 aromatic heterocycles. The monoisotopic (exact) mass is 347 g/mol. The molecule has 1 amide bonds. The number of aromatic nitrogens is 2. The Labute approximate surface area is 154 Å². The lowest BCUT2D eigenvalue weighted by Crippen LogP contribution is -2.27. The van der Waals surface area contributed by atoms with Crippen molar-refractivity contribution < 1.29 is 4.79 Å². The van der Waals surface area contributed by atoms with Gasteiger partial charge in [-0.1, -0.05) is 42.5 Å². The molecule has 0 unspecified atom stereocenters. The van der Waals surface area contributed by atoms with E-state index in [9.17, 15) is 4.79 Å². The Balaban J connectivity index is 1.55. The van der Waals surface area contributed by atoms with Crippen molar-refractivity contribution in [2.75, 3.05) is 13.1 Å². The lowest BCUT2D eigenvalue weighted by Gasteiger charge is -2.18. The van der Waals surface area contributed by atoms with E-state index >= 15 is 0 Å². The SMILES string of the molecule is CC(C)n1c([C@H]2CC(=O)N(CCc3ccccc3)C2)nc2ccccc21. The zero-order chi connectivity index (χ0) is 18.1. The topological polar surface area (TPSA) is 38.1 Å². The molecule has 3 aromatic rings. The van der Waals surface area contributed by atoms with E-state index in [1.54, 1.807) is 0 Å². The molecule has 4 heteroatoms. The number of hydrogen-bond donors (Lipinski definition) is 0. The lowest BCUT2D eigenvalue weighted by atomic mass is 10.1. The van der Waals surface area contributed by atoms with E-state index in [1.165, 1.54) is 5.56 Å². The second kappa shape index (κ2) is 6.94. The summed E-state index contributed by atoms with van der Waals surface area (Å²) in [6.07, 6.45) is 1.46. The van der Waals surface area contributed by atoms with Gasteiger partial charge in [-0.3, -0.25) is 4.79 Å². The molecule has 134 valence electrons. The Morgan fingerprint density at radius 3 is 2.58 bits per heavy atom. The van der Waals surface area contributed by atoms with E-state index in [0.717, 1.165) is 36.4 Å². The van der Waals surface area contributed by atoms with Gasteiger partial charge in [0.2, 0.25) is 5.91 Å². The summed E-state index contributed by atoms with van der Waals surface area (Å²) in [4.78, 5) is 19.5. The van der Waals surface area contributed by atoms with Crippen molar-refractivity contribution in [1.29, 1.82) is 0 Å². The molecule has 26 heavy (non-hydrogen) atoms. The van der Waals surface area contributed by atoms with E-state index in [2.05, 4.69) is 60.9 Å². The van der Waals surface area contributed by atoms with Crippen LogP contribution in [0.4, 0.5) is 0 Å². The van der Waals surface area contributed by atoms with Crippen LogP contribution in [-0.2, 0) is 11.2 Å². The van der Waals surface area contributed by atoms with Crippen LogP contribution in [0.2, 0.25) is 0 Å². The Morgan fingerprint density at radius 1 is 1.08 bits per heavy atom. The number of carbonyl (C=O) groups excluding carboxylic acids is 1. The van der Waals surface area contributed by atoms with Gasteiger partial charge in [0, 0.05) is 31.5 Å². The summed E-state index contributed by atoms with van der Waals surface area (Å²) in [6.45, 7) is 5.91. The summed E-state index contributed by atoms with van der Waals surface area (Å²) >= 11 is 0. The first-order chi connectivity index (χ1) is 12.6. The number of hydrogen-bond acceptors (Lipinski definition) is 2. The van der Waals surface area contributed by atoms with Gasteiger partial charge in [-0.2, -0.15) is 0 Å². The standard InChI is InChI=1S/C22H25N3O/c1-16(2)25-20-11-7-6-10-19(20)23-22(25)18-14-21(26)24(15-18)13-12-17-8-4-3-5-9-17/h3-11,16,18H,12-15H2,1-2H3/t18-/m0/s1. The minimum atomic E-state index is 0.174. The van der Waals surface area contributed by atoms with Crippen LogP contribution in [0, 0.1) is 0 Å². The van der Waals surface area contributed by atoms with Crippen LogP contribution >= 0.6 is 0 Å². The first-order valence-corrected chi connectivity index (χ1v) is 9.42. The van der Waals surface area contributed by atoms with Crippen molar-refractivity contribution >= 4 is 16.9 Å². The third-order valence-corrected chi connectivity index (χ3v) is 5.23. The number of carbonyl (C=O) groups is 1.